The van der Waals surface area contributed by atoms with Crippen molar-refractivity contribution in [1.29, 1.82) is 0 Å². The van der Waals surface area contributed by atoms with E-state index in [0.29, 0.717) is 6.04 Å². The van der Waals surface area contributed by atoms with Crippen LogP contribution in [0.2, 0.25) is 0 Å². The highest BCUT2D eigenvalue weighted by Gasteiger charge is 2.25. The van der Waals surface area contributed by atoms with Gasteiger partial charge in [-0.05, 0) is 25.5 Å². The van der Waals surface area contributed by atoms with E-state index in [1.165, 1.54) is 5.56 Å². The van der Waals surface area contributed by atoms with Crippen molar-refractivity contribution in [3.8, 4) is 0 Å². The molecule has 1 atom stereocenters. The molecule has 0 bridgehead atoms. The zero-order chi connectivity index (χ0) is 12.3. The van der Waals surface area contributed by atoms with Crippen molar-refractivity contribution < 1.29 is 0 Å². The first-order chi connectivity index (χ1) is 8.05. The third kappa shape index (κ3) is 3.90. The normalized spacial score (nSPS) is 25.4. The van der Waals surface area contributed by atoms with Gasteiger partial charge in [0.1, 0.15) is 0 Å². The van der Waals surface area contributed by atoms with Gasteiger partial charge in [0.2, 0.25) is 0 Å². The number of benzene rings is 1. The molecule has 1 aliphatic rings. The van der Waals surface area contributed by atoms with E-state index in [4.69, 9.17) is 15.7 Å². The maximum atomic E-state index is 5.96. The summed E-state index contributed by atoms with van der Waals surface area (Å²) in [4.78, 5) is 2.40. The second-order valence-corrected chi connectivity index (χ2v) is 5.06. The second kappa shape index (κ2) is 5.28. The molecule has 1 N–H and O–H groups in total. The van der Waals surface area contributed by atoms with Gasteiger partial charge < -0.3 is 5.32 Å². The van der Waals surface area contributed by atoms with Gasteiger partial charge in [-0.15, -0.1) is 0 Å². The Bertz CT molecular complexity index is 354. The van der Waals surface area contributed by atoms with Crippen LogP contribution in [0.3, 0.4) is 0 Å². The van der Waals surface area contributed by atoms with Crippen molar-refractivity contribution in [1.82, 2.24) is 10.2 Å². The summed E-state index contributed by atoms with van der Waals surface area (Å²) in [5.41, 5.74) is 1.33. The molecule has 17 heavy (non-hydrogen) atoms. The fraction of sp³-hybridized carbons (Fsp3) is 0.538. The van der Waals surface area contributed by atoms with Crippen molar-refractivity contribution in [3.05, 3.63) is 35.9 Å². The van der Waals surface area contributed by atoms with Crippen LogP contribution in [0.4, 0.5) is 0 Å². The molecule has 0 saturated carbocycles. The third-order valence-electron chi connectivity index (χ3n) is 3.14. The lowest BCUT2D eigenvalue weighted by atomic mass is 9.60. The summed E-state index contributed by atoms with van der Waals surface area (Å²) in [7, 11) is 11.9. The molecule has 1 saturated heterocycles. The van der Waals surface area contributed by atoms with Gasteiger partial charge in [0.05, 0.1) is 15.7 Å². The van der Waals surface area contributed by atoms with Crippen LogP contribution >= 0.6 is 0 Å². The predicted molar refractivity (Wildman–Crippen MR) is 73.2 cm³/mol. The largest absolute Gasteiger partial charge is 0.324 e. The van der Waals surface area contributed by atoms with E-state index in [0.717, 1.165) is 26.1 Å². The number of hydrogen-bond acceptors (Lipinski definition) is 2. The maximum Gasteiger partial charge on any atom is 0.0821 e. The van der Waals surface area contributed by atoms with Gasteiger partial charge in [-0.3, -0.25) is 4.90 Å². The van der Waals surface area contributed by atoms with Crippen LogP contribution in [-0.4, -0.2) is 45.1 Å². The second-order valence-electron chi connectivity index (χ2n) is 5.06. The Kier molecular flexibility index (Phi) is 3.95. The van der Waals surface area contributed by atoms with Crippen LogP contribution in [0.5, 0.6) is 0 Å². The Morgan fingerprint density at radius 3 is 2.76 bits per heavy atom. The minimum Gasteiger partial charge on any atom is -0.324 e. The molecule has 4 heteroatoms. The topological polar surface area (TPSA) is 15.3 Å². The lowest BCUT2D eigenvalue weighted by Crippen LogP contribution is -2.50. The molecule has 1 aromatic rings. The van der Waals surface area contributed by atoms with E-state index in [1.54, 1.807) is 0 Å². The molecule has 0 aliphatic carbocycles. The molecule has 0 spiro atoms. The molecule has 1 heterocycles. The van der Waals surface area contributed by atoms with E-state index >= 15 is 0 Å². The van der Waals surface area contributed by atoms with Crippen LogP contribution in [0, 0.1) is 0 Å². The van der Waals surface area contributed by atoms with Crippen LogP contribution in [-0.2, 0) is 6.54 Å². The summed E-state index contributed by atoms with van der Waals surface area (Å²) < 4.78 is 0. The lowest BCUT2D eigenvalue weighted by Gasteiger charge is -2.27. The van der Waals surface area contributed by atoms with Crippen LogP contribution in [0.1, 0.15) is 18.9 Å². The van der Waals surface area contributed by atoms with Gasteiger partial charge in [0, 0.05) is 19.1 Å². The number of hydrogen-bond donors (Lipinski definition) is 1. The lowest BCUT2D eigenvalue weighted by molar-refractivity contribution is 0.264. The van der Waals surface area contributed by atoms with Gasteiger partial charge in [0.25, 0.3) is 0 Å². The summed E-state index contributed by atoms with van der Waals surface area (Å²) in [5, 5.41) is 2.52. The predicted octanol–water partition coefficient (Wildman–Crippen LogP) is 0.861. The van der Waals surface area contributed by atoms with E-state index in [9.17, 15) is 0 Å². The highest BCUT2D eigenvalue weighted by molar-refractivity contribution is 6.40. The minimum atomic E-state index is -0.731. The molecular formula is C13H18B2N2. The fourth-order valence-corrected chi connectivity index (χ4v) is 2.38. The van der Waals surface area contributed by atoms with Crippen molar-refractivity contribution in [2.45, 2.75) is 31.3 Å². The number of nitrogens with one attached hydrogen (secondary N) is 1. The van der Waals surface area contributed by atoms with Crippen LogP contribution in [0.25, 0.3) is 0 Å². The standard InChI is InChI=1S/C13H18B2N2/c1-11-9-17(8-7-13(14,15)16-11)10-12-5-3-2-4-6-12/h2-6,11,16H,7-10H2,1H3. The molecule has 1 aliphatic heterocycles. The van der Waals surface area contributed by atoms with Crippen LogP contribution in [0.15, 0.2) is 30.3 Å². The molecule has 4 radical (unpaired) electrons. The van der Waals surface area contributed by atoms with Gasteiger partial charge in [0.15, 0.2) is 0 Å². The van der Waals surface area contributed by atoms with Gasteiger partial charge in [-0.25, -0.2) is 0 Å². The Labute approximate surface area is 107 Å². The summed E-state index contributed by atoms with van der Waals surface area (Å²) in [6, 6.07) is 10.8. The third-order valence-corrected chi connectivity index (χ3v) is 3.14. The Morgan fingerprint density at radius 1 is 1.35 bits per heavy atom. The van der Waals surface area contributed by atoms with E-state index < -0.39 is 5.34 Å². The minimum absolute atomic E-state index is 0.316. The van der Waals surface area contributed by atoms with E-state index in [1.807, 2.05) is 6.07 Å². The summed E-state index contributed by atoms with van der Waals surface area (Å²) in [6.45, 7) is 4.99. The van der Waals surface area contributed by atoms with Gasteiger partial charge >= 0.3 is 0 Å². The van der Waals surface area contributed by atoms with Crippen molar-refractivity contribution in [2.75, 3.05) is 13.1 Å². The molecule has 1 fully saturated rings. The SMILES string of the molecule is [B]C1([B])CCN(Cc2ccccc2)CC(C)N1. The molecule has 1 unspecified atom stereocenters. The molecule has 0 aromatic heterocycles. The Balaban J connectivity index is 1.98. The van der Waals surface area contributed by atoms with Gasteiger partial charge in [-0.2, -0.15) is 0 Å². The van der Waals surface area contributed by atoms with Gasteiger partial charge in [-0.1, -0.05) is 35.7 Å². The monoisotopic (exact) mass is 224 g/mol. The molecule has 86 valence electrons. The Hall–Kier alpha value is -0.730. The molecule has 2 rings (SSSR count). The number of rotatable bonds is 2. The molecular weight excluding hydrogens is 206 g/mol. The van der Waals surface area contributed by atoms with E-state index in [-0.39, 0.29) is 0 Å². The zero-order valence-electron chi connectivity index (χ0n) is 10.4. The first-order valence-electron chi connectivity index (χ1n) is 6.17. The summed E-state index contributed by atoms with van der Waals surface area (Å²) in [6.07, 6.45) is 0.768. The smallest absolute Gasteiger partial charge is 0.0821 e. The first kappa shape index (κ1) is 12.7. The average molecular weight is 224 g/mol. The molecule has 2 nitrogen and oxygen atoms in total. The fourth-order valence-electron chi connectivity index (χ4n) is 2.38. The maximum absolute atomic E-state index is 5.96. The first-order valence-corrected chi connectivity index (χ1v) is 6.17. The summed E-state index contributed by atoms with van der Waals surface area (Å²) >= 11 is 0. The summed E-state index contributed by atoms with van der Waals surface area (Å²) in [5.74, 6) is 0. The molecule has 0 amide bonds. The average Bonchev–Trinajstić information content (AvgIpc) is 2.38. The number of nitrogens with zero attached hydrogens (tertiary/aromatic N) is 1. The highest BCUT2D eigenvalue weighted by atomic mass is 15.2. The zero-order valence-corrected chi connectivity index (χ0v) is 10.4. The van der Waals surface area contributed by atoms with Crippen molar-refractivity contribution >= 4 is 15.7 Å². The van der Waals surface area contributed by atoms with Crippen molar-refractivity contribution in [3.63, 3.8) is 0 Å². The van der Waals surface area contributed by atoms with E-state index in [2.05, 4.69) is 41.4 Å². The quantitative estimate of drug-likeness (QED) is 0.749. The highest BCUT2D eigenvalue weighted by Crippen LogP contribution is 2.13. The van der Waals surface area contributed by atoms with Crippen molar-refractivity contribution in [2.24, 2.45) is 0 Å². The Morgan fingerprint density at radius 2 is 2.06 bits per heavy atom. The molecule has 1 aromatic carbocycles. The van der Waals surface area contributed by atoms with Crippen LogP contribution < -0.4 is 5.32 Å².